The maximum absolute atomic E-state index is 11.4. The largest absolute Gasteiger partial charge is 0.484 e. The maximum atomic E-state index is 11.4. The van der Waals surface area contributed by atoms with E-state index in [0.717, 1.165) is 13.0 Å². The van der Waals surface area contributed by atoms with Crippen molar-refractivity contribution in [1.82, 2.24) is 10.6 Å². The monoisotopic (exact) mass is 256 g/mol. The molecule has 0 unspecified atom stereocenters. The van der Waals surface area contributed by atoms with E-state index >= 15 is 0 Å². The molecule has 1 aromatic carbocycles. The SMILES string of the molecule is CNCCCNC(=O)COc1ccc(Cl)cc1. The summed E-state index contributed by atoms with van der Waals surface area (Å²) in [6.07, 6.45) is 0.906. The number of carbonyl (C=O) groups excluding carboxylic acids is 1. The van der Waals surface area contributed by atoms with Gasteiger partial charge in [0.05, 0.1) is 0 Å². The highest BCUT2D eigenvalue weighted by Gasteiger charge is 2.01. The lowest BCUT2D eigenvalue weighted by atomic mass is 10.3. The van der Waals surface area contributed by atoms with Gasteiger partial charge < -0.3 is 15.4 Å². The van der Waals surface area contributed by atoms with Crippen LogP contribution in [0.5, 0.6) is 5.75 Å². The second kappa shape index (κ2) is 7.92. The first kappa shape index (κ1) is 13.8. The lowest BCUT2D eigenvalue weighted by Crippen LogP contribution is -2.30. The first-order valence-corrected chi connectivity index (χ1v) is 5.90. The molecule has 1 rings (SSSR count). The summed E-state index contributed by atoms with van der Waals surface area (Å²) in [5, 5.41) is 6.43. The molecule has 17 heavy (non-hydrogen) atoms. The van der Waals surface area contributed by atoms with E-state index < -0.39 is 0 Å². The van der Waals surface area contributed by atoms with Gasteiger partial charge in [-0.2, -0.15) is 0 Å². The molecule has 0 aromatic heterocycles. The van der Waals surface area contributed by atoms with Crippen LogP contribution in [0.2, 0.25) is 5.02 Å². The average molecular weight is 257 g/mol. The summed E-state index contributed by atoms with van der Waals surface area (Å²) < 4.78 is 5.29. The molecule has 5 heteroatoms. The summed E-state index contributed by atoms with van der Waals surface area (Å²) in [5.41, 5.74) is 0. The van der Waals surface area contributed by atoms with Crippen molar-refractivity contribution in [2.75, 3.05) is 26.7 Å². The summed E-state index contributed by atoms with van der Waals surface area (Å²) >= 11 is 5.73. The van der Waals surface area contributed by atoms with Crippen molar-refractivity contribution in [3.05, 3.63) is 29.3 Å². The van der Waals surface area contributed by atoms with Crippen LogP contribution >= 0.6 is 11.6 Å². The van der Waals surface area contributed by atoms with Crippen LogP contribution in [-0.2, 0) is 4.79 Å². The van der Waals surface area contributed by atoms with Crippen LogP contribution < -0.4 is 15.4 Å². The fourth-order valence-corrected chi connectivity index (χ4v) is 1.35. The molecule has 0 heterocycles. The van der Waals surface area contributed by atoms with Crippen molar-refractivity contribution in [3.8, 4) is 5.75 Å². The Morgan fingerprint density at radius 2 is 2.00 bits per heavy atom. The summed E-state index contributed by atoms with van der Waals surface area (Å²) in [6.45, 7) is 1.57. The molecule has 0 bridgehead atoms. The molecule has 0 radical (unpaired) electrons. The van der Waals surface area contributed by atoms with E-state index in [1.807, 2.05) is 7.05 Å². The number of rotatable bonds is 7. The van der Waals surface area contributed by atoms with Crippen LogP contribution in [0.25, 0.3) is 0 Å². The fraction of sp³-hybridized carbons (Fsp3) is 0.417. The van der Waals surface area contributed by atoms with Crippen LogP contribution in [0.3, 0.4) is 0 Å². The molecule has 1 amide bonds. The zero-order valence-corrected chi connectivity index (χ0v) is 10.6. The molecule has 0 atom stereocenters. The van der Waals surface area contributed by atoms with Crippen LogP contribution in [0.1, 0.15) is 6.42 Å². The molecule has 0 aliphatic heterocycles. The van der Waals surface area contributed by atoms with Gasteiger partial charge in [0.25, 0.3) is 5.91 Å². The van der Waals surface area contributed by atoms with Gasteiger partial charge in [0, 0.05) is 11.6 Å². The van der Waals surface area contributed by atoms with Gasteiger partial charge in [0.15, 0.2) is 6.61 Å². The predicted molar refractivity (Wildman–Crippen MR) is 68.5 cm³/mol. The third-order valence-corrected chi connectivity index (χ3v) is 2.36. The fourth-order valence-electron chi connectivity index (χ4n) is 1.22. The van der Waals surface area contributed by atoms with Crippen molar-refractivity contribution in [3.63, 3.8) is 0 Å². The average Bonchev–Trinajstić information content (AvgIpc) is 2.34. The van der Waals surface area contributed by atoms with Crippen molar-refractivity contribution < 1.29 is 9.53 Å². The topological polar surface area (TPSA) is 50.4 Å². The Labute approximate surface area is 106 Å². The number of hydrogen-bond acceptors (Lipinski definition) is 3. The van der Waals surface area contributed by atoms with E-state index in [-0.39, 0.29) is 12.5 Å². The summed E-state index contributed by atoms with van der Waals surface area (Å²) in [4.78, 5) is 11.4. The Hall–Kier alpha value is -1.26. The second-order valence-electron chi connectivity index (χ2n) is 3.55. The first-order valence-electron chi connectivity index (χ1n) is 5.52. The standard InChI is InChI=1S/C12H17ClN2O2/c1-14-7-2-8-15-12(16)9-17-11-5-3-10(13)4-6-11/h3-6,14H,2,7-9H2,1H3,(H,15,16). The molecular weight excluding hydrogens is 240 g/mol. The molecule has 2 N–H and O–H groups in total. The Kier molecular flexibility index (Phi) is 6.43. The smallest absolute Gasteiger partial charge is 0.257 e. The van der Waals surface area contributed by atoms with Crippen LogP contribution in [0.15, 0.2) is 24.3 Å². The Bertz CT molecular complexity index is 341. The van der Waals surface area contributed by atoms with Crippen LogP contribution in [0, 0.1) is 0 Å². The van der Waals surface area contributed by atoms with Gasteiger partial charge in [-0.25, -0.2) is 0 Å². The van der Waals surface area contributed by atoms with Gasteiger partial charge >= 0.3 is 0 Å². The molecule has 0 aliphatic rings. The quantitative estimate of drug-likeness (QED) is 0.726. The van der Waals surface area contributed by atoms with Gasteiger partial charge in [0.1, 0.15) is 5.75 Å². The molecule has 0 fully saturated rings. The zero-order chi connectivity index (χ0) is 12.5. The number of halogens is 1. The molecular formula is C12H17ClN2O2. The molecule has 1 aromatic rings. The van der Waals surface area contributed by atoms with Gasteiger partial charge in [-0.05, 0) is 44.3 Å². The lowest BCUT2D eigenvalue weighted by Gasteiger charge is -2.07. The van der Waals surface area contributed by atoms with Gasteiger partial charge in [-0.1, -0.05) is 11.6 Å². The third kappa shape index (κ3) is 6.14. The van der Waals surface area contributed by atoms with E-state index in [9.17, 15) is 4.79 Å². The first-order chi connectivity index (χ1) is 8.22. The highest BCUT2D eigenvalue weighted by molar-refractivity contribution is 6.30. The molecule has 0 saturated carbocycles. The number of nitrogens with one attached hydrogen (secondary N) is 2. The molecule has 0 spiro atoms. The highest BCUT2D eigenvalue weighted by Crippen LogP contribution is 2.15. The molecule has 4 nitrogen and oxygen atoms in total. The van der Waals surface area contributed by atoms with Gasteiger partial charge in [-0.15, -0.1) is 0 Å². The molecule has 0 saturated heterocycles. The Balaban J connectivity index is 2.17. The van der Waals surface area contributed by atoms with Crippen molar-refractivity contribution in [2.24, 2.45) is 0 Å². The van der Waals surface area contributed by atoms with E-state index in [1.165, 1.54) is 0 Å². The minimum atomic E-state index is -0.115. The van der Waals surface area contributed by atoms with Crippen LogP contribution in [-0.4, -0.2) is 32.7 Å². The normalized spacial score (nSPS) is 10.0. The third-order valence-electron chi connectivity index (χ3n) is 2.11. The van der Waals surface area contributed by atoms with E-state index in [2.05, 4.69) is 10.6 Å². The number of benzene rings is 1. The minimum absolute atomic E-state index is 0.0290. The Morgan fingerprint density at radius 1 is 1.29 bits per heavy atom. The number of amides is 1. The second-order valence-corrected chi connectivity index (χ2v) is 3.99. The Morgan fingerprint density at radius 3 is 2.65 bits per heavy atom. The molecule has 94 valence electrons. The van der Waals surface area contributed by atoms with Crippen molar-refractivity contribution in [1.29, 1.82) is 0 Å². The zero-order valence-electron chi connectivity index (χ0n) is 9.83. The number of carbonyl (C=O) groups is 1. The maximum Gasteiger partial charge on any atom is 0.257 e. The predicted octanol–water partition coefficient (Wildman–Crippen LogP) is 1.44. The highest BCUT2D eigenvalue weighted by atomic mass is 35.5. The number of hydrogen-bond donors (Lipinski definition) is 2. The van der Waals surface area contributed by atoms with Crippen LogP contribution in [0.4, 0.5) is 0 Å². The summed E-state index contributed by atoms with van der Waals surface area (Å²) in [7, 11) is 1.88. The van der Waals surface area contributed by atoms with E-state index in [1.54, 1.807) is 24.3 Å². The van der Waals surface area contributed by atoms with Crippen molar-refractivity contribution >= 4 is 17.5 Å². The van der Waals surface area contributed by atoms with E-state index in [0.29, 0.717) is 17.3 Å². The van der Waals surface area contributed by atoms with Gasteiger partial charge in [0.2, 0.25) is 0 Å². The van der Waals surface area contributed by atoms with Gasteiger partial charge in [-0.3, -0.25) is 4.79 Å². The summed E-state index contributed by atoms with van der Waals surface area (Å²) in [6, 6.07) is 6.91. The van der Waals surface area contributed by atoms with E-state index in [4.69, 9.17) is 16.3 Å². The van der Waals surface area contributed by atoms with Crippen molar-refractivity contribution in [2.45, 2.75) is 6.42 Å². The molecule has 0 aliphatic carbocycles. The lowest BCUT2D eigenvalue weighted by molar-refractivity contribution is -0.123. The summed E-state index contributed by atoms with van der Waals surface area (Å²) in [5.74, 6) is 0.524. The number of ether oxygens (including phenoxy) is 1. The minimum Gasteiger partial charge on any atom is -0.484 e.